The smallest absolute Gasteiger partial charge is 0.317 e. The highest BCUT2D eigenvalue weighted by atomic mass is 16.5. The van der Waals surface area contributed by atoms with Crippen LogP contribution in [0.15, 0.2) is 18.3 Å². The number of carboxylic acids is 1. The van der Waals surface area contributed by atoms with Crippen LogP contribution in [0, 0.1) is 12.3 Å². The molecule has 1 N–H and O–H groups in total. The molecule has 0 aliphatic carbocycles. The Labute approximate surface area is 100 Å². The van der Waals surface area contributed by atoms with Gasteiger partial charge in [-0.25, -0.2) is 4.98 Å². The van der Waals surface area contributed by atoms with Crippen molar-refractivity contribution in [2.75, 3.05) is 20.2 Å². The topological polar surface area (TPSA) is 62.7 Å². The van der Waals surface area contributed by atoms with Crippen molar-refractivity contribution in [3.8, 4) is 18.2 Å². The van der Waals surface area contributed by atoms with E-state index in [4.69, 9.17) is 16.3 Å². The fraction of sp³-hybridized carbons (Fsp3) is 0.333. The zero-order valence-electron chi connectivity index (χ0n) is 9.59. The number of carboxylic acid groups (broad SMARTS) is 1. The molecule has 0 spiro atoms. The van der Waals surface area contributed by atoms with Crippen LogP contribution in [-0.2, 0) is 11.3 Å². The first-order valence-corrected chi connectivity index (χ1v) is 5.03. The summed E-state index contributed by atoms with van der Waals surface area (Å²) < 4.78 is 5.09. The van der Waals surface area contributed by atoms with Crippen LogP contribution in [0.25, 0.3) is 0 Å². The van der Waals surface area contributed by atoms with Crippen LogP contribution in [0.2, 0.25) is 0 Å². The van der Waals surface area contributed by atoms with Gasteiger partial charge >= 0.3 is 5.97 Å². The predicted octanol–water partition coefficient (Wildman–Crippen LogP) is 0.610. The standard InChI is InChI=1S/C12H14N2O3/c1-3-7-14(9-11(15)16)8-10-5-4-6-13-12(10)17-2/h1,4-6H,7-9H2,2H3,(H,15,16). The second kappa shape index (κ2) is 6.51. The highest BCUT2D eigenvalue weighted by Crippen LogP contribution is 2.15. The summed E-state index contributed by atoms with van der Waals surface area (Å²) in [6.07, 6.45) is 6.81. The van der Waals surface area contributed by atoms with Crippen molar-refractivity contribution in [3.63, 3.8) is 0 Å². The lowest BCUT2D eigenvalue weighted by Gasteiger charge is -2.18. The van der Waals surface area contributed by atoms with Crippen LogP contribution in [0.3, 0.4) is 0 Å². The second-order valence-electron chi connectivity index (χ2n) is 3.41. The van der Waals surface area contributed by atoms with Gasteiger partial charge in [-0.3, -0.25) is 9.69 Å². The minimum Gasteiger partial charge on any atom is -0.481 e. The van der Waals surface area contributed by atoms with E-state index in [1.165, 1.54) is 7.11 Å². The molecule has 0 bridgehead atoms. The van der Waals surface area contributed by atoms with Crippen molar-refractivity contribution < 1.29 is 14.6 Å². The molecule has 1 aromatic rings. The Kier molecular flexibility index (Phi) is 4.98. The third kappa shape index (κ3) is 4.13. The third-order valence-corrected chi connectivity index (χ3v) is 2.11. The SMILES string of the molecule is C#CCN(CC(=O)O)Cc1cccnc1OC. The minimum atomic E-state index is -0.914. The highest BCUT2D eigenvalue weighted by Gasteiger charge is 2.12. The monoisotopic (exact) mass is 234 g/mol. The Bertz CT molecular complexity index is 426. The van der Waals surface area contributed by atoms with Crippen LogP contribution >= 0.6 is 0 Å². The summed E-state index contributed by atoms with van der Waals surface area (Å²) >= 11 is 0. The maximum absolute atomic E-state index is 10.7. The quantitative estimate of drug-likeness (QED) is 0.731. The van der Waals surface area contributed by atoms with Gasteiger partial charge in [-0.2, -0.15) is 0 Å². The molecular weight excluding hydrogens is 220 g/mol. The van der Waals surface area contributed by atoms with E-state index < -0.39 is 5.97 Å². The van der Waals surface area contributed by atoms with Crippen molar-refractivity contribution in [3.05, 3.63) is 23.9 Å². The van der Waals surface area contributed by atoms with Gasteiger partial charge in [-0.1, -0.05) is 12.0 Å². The summed E-state index contributed by atoms with van der Waals surface area (Å²) in [4.78, 5) is 16.3. The van der Waals surface area contributed by atoms with Gasteiger partial charge in [0.25, 0.3) is 0 Å². The fourth-order valence-electron chi connectivity index (χ4n) is 1.46. The number of carbonyl (C=O) groups is 1. The lowest BCUT2D eigenvalue weighted by atomic mass is 10.2. The number of aliphatic carboxylic acids is 1. The minimum absolute atomic E-state index is 0.109. The first kappa shape index (κ1) is 13.0. The molecule has 0 aromatic carbocycles. The van der Waals surface area contributed by atoms with E-state index in [9.17, 15) is 4.79 Å². The molecule has 90 valence electrons. The Morgan fingerprint density at radius 1 is 1.71 bits per heavy atom. The van der Waals surface area contributed by atoms with Crippen LogP contribution in [-0.4, -0.2) is 41.2 Å². The predicted molar refractivity (Wildman–Crippen MR) is 62.5 cm³/mol. The zero-order valence-corrected chi connectivity index (χ0v) is 9.59. The molecule has 0 amide bonds. The van der Waals surface area contributed by atoms with Gasteiger partial charge in [-0.05, 0) is 6.07 Å². The number of aromatic nitrogens is 1. The highest BCUT2D eigenvalue weighted by molar-refractivity contribution is 5.69. The summed E-state index contributed by atoms with van der Waals surface area (Å²) in [5.41, 5.74) is 0.812. The molecular formula is C12H14N2O3. The Hall–Kier alpha value is -2.06. The van der Waals surface area contributed by atoms with Gasteiger partial charge in [-0.15, -0.1) is 6.42 Å². The van der Waals surface area contributed by atoms with Crippen LogP contribution in [0.1, 0.15) is 5.56 Å². The Morgan fingerprint density at radius 2 is 2.47 bits per heavy atom. The Morgan fingerprint density at radius 3 is 3.06 bits per heavy atom. The molecule has 0 atom stereocenters. The number of pyridine rings is 1. The van der Waals surface area contributed by atoms with Gasteiger partial charge in [0.2, 0.25) is 5.88 Å². The van der Waals surface area contributed by atoms with Gasteiger partial charge in [0.05, 0.1) is 20.2 Å². The summed E-state index contributed by atoms with van der Waals surface area (Å²) in [7, 11) is 1.52. The lowest BCUT2D eigenvalue weighted by Crippen LogP contribution is -2.29. The number of hydrogen-bond acceptors (Lipinski definition) is 4. The molecule has 0 aliphatic rings. The molecule has 0 radical (unpaired) electrons. The normalized spacial score (nSPS) is 9.94. The molecule has 1 aromatic heterocycles. The molecule has 0 unspecified atom stereocenters. The maximum Gasteiger partial charge on any atom is 0.317 e. The summed E-state index contributed by atoms with van der Waals surface area (Å²) in [5.74, 6) is 2.00. The first-order chi connectivity index (χ1) is 8.17. The molecule has 17 heavy (non-hydrogen) atoms. The lowest BCUT2D eigenvalue weighted by molar-refractivity contribution is -0.138. The van der Waals surface area contributed by atoms with Crippen LogP contribution in [0.4, 0.5) is 0 Å². The molecule has 0 aliphatic heterocycles. The summed E-state index contributed by atoms with van der Waals surface area (Å²) in [5, 5.41) is 8.76. The molecule has 0 saturated carbocycles. The van der Waals surface area contributed by atoms with E-state index in [0.717, 1.165) is 5.56 Å². The molecule has 5 nitrogen and oxygen atoms in total. The van der Waals surface area contributed by atoms with Gasteiger partial charge in [0, 0.05) is 18.3 Å². The molecule has 0 fully saturated rings. The molecule has 1 rings (SSSR count). The van der Waals surface area contributed by atoms with Crippen molar-refractivity contribution in [1.29, 1.82) is 0 Å². The number of nitrogens with zero attached hydrogens (tertiary/aromatic N) is 2. The van der Waals surface area contributed by atoms with Gasteiger partial charge in [0.1, 0.15) is 0 Å². The number of terminal acetylenes is 1. The molecule has 0 saturated heterocycles. The molecule has 1 heterocycles. The summed E-state index contributed by atoms with van der Waals surface area (Å²) in [6.45, 7) is 0.556. The van der Waals surface area contributed by atoms with Crippen molar-refractivity contribution in [1.82, 2.24) is 9.88 Å². The average Bonchev–Trinajstić information content (AvgIpc) is 2.29. The number of methoxy groups -OCH3 is 1. The van der Waals surface area contributed by atoms with E-state index in [1.807, 2.05) is 6.07 Å². The fourth-order valence-corrected chi connectivity index (χ4v) is 1.46. The maximum atomic E-state index is 10.7. The molecule has 5 heteroatoms. The Balaban J connectivity index is 2.78. The number of ether oxygens (including phenoxy) is 1. The second-order valence-corrected chi connectivity index (χ2v) is 3.41. The van der Waals surface area contributed by atoms with Crippen molar-refractivity contribution >= 4 is 5.97 Å². The van der Waals surface area contributed by atoms with Crippen molar-refractivity contribution in [2.24, 2.45) is 0 Å². The van der Waals surface area contributed by atoms with E-state index in [-0.39, 0.29) is 13.1 Å². The summed E-state index contributed by atoms with van der Waals surface area (Å²) in [6, 6.07) is 3.60. The van der Waals surface area contributed by atoms with E-state index >= 15 is 0 Å². The first-order valence-electron chi connectivity index (χ1n) is 5.03. The van der Waals surface area contributed by atoms with E-state index in [1.54, 1.807) is 17.2 Å². The van der Waals surface area contributed by atoms with E-state index in [2.05, 4.69) is 10.9 Å². The third-order valence-electron chi connectivity index (χ3n) is 2.11. The van der Waals surface area contributed by atoms with Crippen LogP contribution in [0.5, 0.6) is 5.88 Å². The van der Waals surface area contributed by atoms with Crippen LogP contribution < -0.4 is 4.74 Å². The number of hydrogen-bond donors (Lipinski definition) is 1. The van der Waals surface area contributed by atoms with E-state index in [0.29, 0.717) is 12.4 Å². The number of rotatable bonds is 6. The largest absolute Gasteiger partial charge is 0.481 e. The van der Waals surface area contributed by atoms with Gasteiger partial charge < -0.3 is 9.84 Å². The zero-order chi connectivity index (χ0) is 12.7. The van der Waals surface area contributed by atoms with Gasteiger partial charge in [0.15, 0.2) is 0 Å². The van der Waals surface area contributed by atoms with Crippen molar-refractivity contribution in [2.45, 2.75) is 6.54 Å². The average molecular weight is 234 g/mol.